The molecule has 0 spiro atoms. The predicted molar refractivity (Wildman–Crippen MR) is 115 cm³/mol. The third-order valence-electron chi connectivity index (χ3n) is 4.77. The van der Waals surface area contributed by atoms with E-state index in [1.54, 1.807) is 21.3 Å². The van der Waals surface area contributed by atoms with Gasteiger partial charge >= 0.3 is 0 Å². The number of benzene rings is 3. The van der Waals surface area contributed by atoms with Crippen molar-refractivity contribution in [3.63, 3.8) is 0 Å². The first-order valence-electron chi connectivity index (χ1n) is 9.27. The minimum atomic E-state index is 0.534. The Morgan fingerprint density at radius 3 is 1.86 bits per heavy atom. The largest absolute Gasteiger partial charge is 0.493 e. The van der Waals surface area contributed by atoms with E-state index in [2.05, 4.69) is 29.2 Å². The highest BCUT2D eigenvalue weighted by atomic mass is 16.5. The highest BCUT2D eigenvalue weighted by molar-refractivity contribution is 5.83. The van der Waals surface area contributed by atoms with Crippen LogP contribution in [0.5, 0.6) is 17.2 Å². The summed E-state index contributed by atoms with van der Waals surface area (Å²) in [5, 5.41) is 0. The van der Waals surface area contributed by atoms with Crippen LogP contribution in [0.15, 0.2) is 72.8 Å². The molecule has 5 heteroatoms. The van der Waals surface area contributed by atoms with Crippen LogP contribution < -0.4 is 14.2 Å². The maximum absolute atomic E-state index is 5.66. The van der Waals surface area contributed by atoms with E-state index in [1.807, 2.05) is 48.5 Å². The van der Waals surface area contributed by atoms with Crippen LogP contribution in [0.3, 0.4) is 0 Å². The summed E-state index contributed by atoms with van der Waals surface area (Å²) in [4.78, 5) is 8.42. The number of nitrogens with one attached hydrogen (secondary N) is 1. The molecule has 0 atom stereocenters. The minimum Gasteiger partial charge on any atom is -0.493 e. The first kappa shape index (κ1) is 18.6. The summed E-state index contributed by atoms with van der Waals surface area (Å²) in [6, 6.07) is 24.1. The molecule has 0 unspecified atom stereocenters. The van der Waals surface area contributed by atoms with E-state index >= 15 is 0 Å². The summed E-state index contributed by atoms with van der Waals surface area (Å²) in [7, 11) is 4.81. The van der Waals surface area contributed by atoms with Crippen LogP contribution in [0, 0.1) is 0 Å². The van der Waals surface area contributed by atoms with E-state index < -0.39 is 0 Å². The first-order chi connectivity index (χ1) is 14.3. The molecule has 0 saturated carbocycles. The zero-order chi connectivity index (χ0) is 20.2. The van der Waals surface area contributed by atoms with E-state index in [0.29, 0.717) is 23.1 Å². The minimum absolute atomic E-state index is 0.534. The highest BCUT2D eigenvalue weighted by Crippen LogP contribution is 2.44. The Labute approximate surface area is 169 Å². The molecule has 0 radical (unpaired) electrons. The number of hydrogen-bond donors (Lipinski definition) is 1. The molecule has 1 aromatic heterocycles. The van der Waals surface area contributed by atoms with Crippen molar-refractivity contribution in [1.82, 2.24) is 9.97 Å². The van der Waals surface area contributed by atoms with Gasteiger partial charge in [0.25, 0.3) is 0 Å². The second-order valence-electron chi connectivity index (χ2n) is 6.42. The fourth-order valence-electron chi connectivity index (χ4n) is 3.41. The van der Waals surface area contributed by atoms with Gasteiger partial charge in [-0.1, -0.05) is 60.7 Å². The fourth-order valence-corrected chi connectivity index (χ4v) is 3.41. The average Bonchev–Trinajstić information content (AvgIpc) is 3.24. The maximum Gasteiger partial charge on any atom is 0.204 e. The number of ether oxygens (including phenoxy) is 3. The maximum atomic E-state index is 5.66. The number of aromatic amines is 1. The van der Waals surface area contributed by atoms with Crippen molar-refractivity contribution in [2.45, 2.75) is 0 Å². The fraction of sp³-hybridized carbons (Fsp3) is 0.125. The van der Waals surface area contributed by atoms with E-state index in [9.17, 15) is 0 Å². The van der Waals surface area contributed by atoms with Gasteiger partial charge in [0.15, 0.2) is 11.5 Å². The van der Waals surface area contributed by atoms with Crippen molar-refractivity contribution in [2.75, 3.05) is 21.3 Å². The summed E-state index contributed by atoms with van der Waals surface area (Å²) >= 11 is 0. The third kappa shape index (κ3) is 3.43. The third-order valence-corrected chi connectivity index (χ3v) is 4.77. The lowest BCUT2D eigenvalue weighted by Crippen LogP contribution is -1.97. The molecule has 4 aromatic rings. The Kier molecular flexibility index (Phi) is 5.20. The van der Waals surface area contributed by atoms with Crippen molar-refractivity contribution in [2.24, 2.45) is 0 Å². The van der Waals surface area contributed by atoms with Gasteiger partial charge in [0.2, 0.25) is 5.75 Å². The SMILES string of the molecule is COc1ccc(-c2nc(-c3ccccc3)c(-c3ccccc3)[nH]2)c(OC)c1OC. The molecule has 0 amide bonds. The second-order valence-corrected chi connectivity index (χ2v) is 6.42. The number of aromatic nitrogens is 2. The predicted octanol–water partition coefficient (Wildman–Crippen LogP) is 5.44. The molecule has 0 saturated heterocycles. The van der Waals surface area contributed by atoms with Gasteiger partial charge in [-0.25, -0.2) is 4.98 Å². The lowest BCUT2D eigenvalue weighted by atomic mass is 10.1. The van der Waals surface area contributed by atoms with Crippen LogP contribution in [0.4, 0.5) is 0 Å². The molecule has 0 fully saturated rings. The smallest absolute Gasteiger partial charge is 0.204 e. The molecular weight excluding hydrogens is 364 g/mol. The molecule has 29 heavy (non-hydrogen) atoms. The van der Waals surface area contributed by atoms with Gasteiger partial charge in [-0.3, -0.25) is 0 Å². The van der Waals surface area contributed by atoms with Crippen LogP contribution in [-0.4, -0.2) is 31.3 Å². The molecule has 1 heterocycles. The van der Waals surface area contributed by atoms with Crippen LogP contribution in [0.1, 0.15) is 0 Å². The lowest BCUT2D eigenvalue weighted by Gasteiger charge is -2.14. The zero-order valence-electron chi connectivity index (χ0n) is 16.6. The van der Waals surface area contributed by atoms with Gasteiger partial charge in [0, 0.05) is 11.1 Å². The van der Waals surface area contributed by atoms with Crippen molar-refractivity contribution in [3.8, 4) is 51.2 Å². The van der Waals surface area contributed by atoms with Gasteiger partial charge in [-0.15, -0.1) is 0 Å². The van der Waals surface area contributed by atoms with Crippen molar-refractivity contribution in [1.29, 1.82) is 0 Å². The molecule has 146 valence electrons. The van der Waals surface area contributed by atoms with Gasteiger partial charge in [0.1, 0.15) is 5.82 Å². The van der Waals surface area contributed by atoms with E-state index in [4.69, 9.17) is 19.2 Å². The van der Waals surface area contributed by atoms with Gasteiger partial charge in [0.05, 0.1) is 38.3 Å². The number of hydrogen-bond acceptors (Lipinski definition) is 4. The van der Waals surface area contributed by atoms with E-state index in [1.165, 1.54) is 0 Å². The Hall–Kier alpha value is -3.73. The molecule has 3 aromatic carbocycles. The van der Waals surface area contributed by atoms with Crippen LogP contribution >= 0.6 is 0 Å². The Morgan fingerprint density at radius 1 is 0.655 bits per heavy atom. The van der Waals surface area contributed by atoms with E-state index in [0.717, 1.165) is 28.1 Å². The van der Waals surface area contributed by atoms with Gasteiger partial charge < -0.3 is 19.2 Å². The topological polar surface area (TPSA) is 56.4 Å². The lowest BCUT2D eigenvalue weighted by molar-refractivity contribution is 0.325. The summed E-state index contributed by atoms with van der Waals surface area (Å²) in [5.41, 5.74) is 4.72. The molecule has 1 N–H and O–H groups in total. The molecule has 0 aliphatic heterocycles. The summed E-state index contributed by atoms with van der Waals surface area (Å²) in [6.07, 6.45) is 0. The second kappa shape index (κ2) is 8.10. The van der Waals surface area contributed by atoms with Crippen molar-refractivity contribution >= 4 is 0 Å². The molecule has 0 bridgehead atoms. The Morgan fingerprint density at radius 2 is 1.28 bits per heavy atom. The number of rotatable bonds is 6. The molecule has 5 nitrogen and oxygen atoms in total. The molecule has 0 aliphatic rings. The standard InChI is InChI=1S/C24H22N2O3/c1-27-19-15-14-18(22(28-2)23(19)29-3)24-25-20(16-10-6-4-7-11-16)21(26-24)17-12-8-5-9-13-17/h4-15H,1-3H3,(H,25,26). The summed E-state index contributed by atoms with van der Waals surface area (Å²) in [5.74, 6) is 2.40. The summed E-state index contributed by atoms with van der Waals surface area (Å²) < 4.78 is 16.6. The number of H-pyrrole nitrogens is 1. The molecular formula is C24H22N2O3. The number of nitrogens with zero attached hydrogens (tertiary/aromatic N) is 1. The normalized spacial score (nSPS) is 10.6. The van der Waals surface area contributed by atoms with Crippen LogP contribution in [0.2, 0.25) is 0 Å². The first-order valence-corrected chi connectivity index (χ1v) is 9.27. The van der Waals surface area contributed by atoms with Crippen LogP contribution in [-0.2, 0) is 0 Å². The van der Waals surface area contributed by atoms with Gasteiger partial charge in [-0.05, 0) is 12.1 Å². The quantitative estimate of drug-likeness (QED) is 0.480. The summed E-state index contributed by atoms with van der Waals surface area (Å²) in [6.45, 7) is 0. The highest BCUT2D eigenvalue weighted by Gasteiger charge is 2.21. The molecule has 4 rings (SSSR count). The van der Waals surface area contributed by atoms with Crippen LogP contribution in [0.25, 0.3) is 33.9 Å². The zero-order valence-corrected chi connectivity index (χ0v) is 16.6. The van der Waals surface area contributed by atoms with E-state index in [-0.39, 0.29) is 0 Å². The molecule has 0 aliphatic carbocycles. The Bertz CT molecular complexity index is 1050. The number of imidazole rings is 1. The van der Waals surface area contributed by atoms with Gasteiger partial charge in [-0.2, -0.15) is 0 Å². The average molecular weight is 386 g/mol. The van der Waals surface area contributed by atoms with Crippen molar-refractivity contribution < 1.29 is 14.2 Å². The van der Waals surface area contributed by atoms with Crippen molar-refractivity contribution in [3.05, 3.63) is 72.8 Å². The number of methoxy groups -OCH3 is 3. The monoisotopic (exact) mass is 386 g/mol. The Balaban J connectivity index is 1.94.